The molecule has 0 heterocycles. The van der Waals surface area contributed by atoms with Crippen LogP contribution in [0.3, 0.4) is 0 Å². The predicted molar refractivity (Wildman–Crippen MR) is 84.9 cm³/mol. The standard InChI is InChI=1S/C17H29NO2/c1-13(2)12-18-10-9-17(3,4)14-7-8-15(19-5)16(11-14)20-6/h7-8,11,13,18H,9-10,12H2,1-6H3. The second-order valence-corrected chi connectivity index (χ2v) is 6.30. The van der Waals surface area contributed by atoms with Crippen molar-refractivity contribution in [2.45, 2.75) is 39.5 Å². The van der Waals surface area contributed by atoms with Gasteiger partial charge in [0.2, 0.25) is 0 Å². The van der Waals surface area contributed by atoms with Gasteiger partial charge in [0, 0.05) is 0 Å². The lowest BCUT2D eigenvalue weighted by Crippen LogP contribution is -2.27. The molecule has 0 spiro atoms. The second kappa shape index (κ2) is 7.53. The van der Waals surface area contributed by atoms with Gasteiger partial charge < -0.3 is 14.8 Å². The molecule has 1 rings (SSSR count). The quantitative estimate of drug-likeness (QED) is 0.737. The van der Waals surface area contributed by atoms with E-state index in [9.17, 15) is 0 Å². The zero-order chi connectivity index (χ0) is 15.2. The SMILES string of the molecule is COc1ccc(C(C)(C)CCNCC(C)C)cc1OC. The molecule has 20 heavy (non-hydrogen) atoms. The van der Waals surface area contributed by atoms with Gasteiger partial charge in [0.25, 0.3) is 0 Å². The normalized spacial score (nSPS) is 11.8. The average molecular weight is 279 g/mol. The smallest absolute Gasteiger partial charge is 0.161 e. The fourth-order valence-electron chi connectivity index (χ4n) is 2.19. The molecule has 0 unspecified atom stereocenters. The number of ether oxygens (including phenoxy) is 2. The third kappa shape index (κ3) is 4.71. The highest BCUT2D eigenvalue weighted by molar-refractivity contribution is 5.44. The van der Waals surface area contributed by atoms with Crippen LogP contribution in [-0.2, 0) is 5.41 Å². The van der Waals surface area contributed by atoms with E-state index in [0.717, 1.165) is 31.0 Å². The van der Waals surface area contributed by atoms with Crippen LogP contribution in [0.15, 0.2) is 18.2 Å². The molecule has 0 amide bonds. The number of nitrogens with one attached hydrogen (secondary N) is 1. The molecular weight excluding hydrogens is 250 g/mol. The molecule has 0 saturated carbocycles. The van der Waals surface area contributed by atoms with Gasteiger partial charge in [-0.2, -0.15) is 0 Å². The highest BCUT2D eigenvalue weighted by Gasteiger charge is 2.21. The molecule has 0 saturated heterocycles. The van der Waals surface area contributed by atoms with Crippen LogP contribution in [0.1, 0.15) is 39.7 Å². The molecule has 0 aliphatic rings. The molecule has 0 aliphatic heterocycles. The Labute approximate surface area is 123 Å². The summed E-state index contributed by atoms with van der Waals surface area (Å²) in [6.45, 7) is 11.1. The summed E-state index contributed by atoms with van der Waals surface area (Å²) in [7, 11) is 3.34. The third-order valence-electron chi connectivity index (χ3n) is 3.64. The second-order valence-electron chi connectivity index (χ2n) is 6.30. The van der Waals surface area contributed by atoms with Crippen molar-refractivity contribution in [1.29, 1.82) is 0 Å². The number of rotatable bonds is 8. The van der Waals surface area contributed by atoms with E-state index in [1.807, 2.05) is 6.07 Å². The van der Waals surface area contributed by atoms with Crippen LogP contribution >= 0.6 is 0 Å². The van der Waals surface area contributed by atoms with Gasteiger partial charge in [-0.05, 0) is 48.5 Å². The summed E-state index contributed by atoms with van der Waals surface area (Å²) in [5, 5.41) is 3.51. The number of methoxy groups -OCH3 is 2. The van der Waals surface area contributed by atoms with Gasteiger partial charge >= 0.3 is 0 Å². The third-order valence-corrected chi connectivity index (χ3v) is 3.64. The first-order valence-corrected chi connectivity index (χ1v) is 7.34. The first-order valence-electron chi connectivity index (χ1n) is 7.34. The Morgan fingerprint density at radius 2 is 1.75 bits per heavy atom. The molecule has 0 atom stereocenters. The largest absolute Gasteiger partial charge is 0.493 e. The molecule has 0 fully saturated rings. The monoisotopic (exact) mass is 279 g/mol. The minimum Gasteiger partial charge on any atom is -0.493 e. The van der Waals surface area contributed by atoms with Crippen LogP contribution in [0, 0.1) is 5.92 Å². The summed E-state index contributed by atoms with van der Waals surface area (Å²) < 4.78 is 10.7. The van der Waals surface area contributed by atoms with Crippen LogP contribution in [0.4, 0.5) is 0 Å². The topological polar surface area (TPSA) is 30.5 Å². The lowest BCUT2D eigenvalue weighted by molar-refractivity contribution is 0.352. The molecule has 0 aliphatic carbocycles. The van der Waals surface area contributed by atoms with Crippen molar-refractivity contribution in [2.75, 3.05) is 27.3 Å². The Balaban J connectivity index is 2.71. The molecule has 0 aromatic heterocycles. The maximum Gasteiger partial charge on any atom is 0.161 e. The lowest BCUT2D eigenvalue weighted by atomic mass is 9.81. The predicted octanol–water partition coefficient (Wildman–Crippen LogP) is 3.62. The van der Waals surface area contributed by atoms with Gasteiger partial charge in [-0.1, -0.05) is 33.8 Å². The summed E-state index contributed by atoms with van der Waals surface area (Å²) >= 11 is 0. The average Bonchev–Trinajstić information content (AvgIpc) is 2.42. The Morgan fingerprint density at radius 1 is 1.10 bits per heavy atom. The van der Waals surface area contributed by atoms with Crippen molar-refractivity contribution in [3.63, 3.8) is 0 Å². The van der Waals surface area contributed by atoms with Crippen molar-refractivity contribution >= 4 is 0 Å². The van der Waals surface area contributed by atoms with Crippen molar-refractivity contribution in [2.24, 2.45) is 5.92 Å². The number of hydrogen-bond donors (Lipinski definition) is 1. The van der Waals surface area contributed by atoms with Gasteiger partial charge in [-0.15, -0.1) is 0 Å². The van der Waals surface area contributed by atoms with E-state index in [-0.39, 0.29) is 5.41 Å². The van der Waals surface area contributed by atoms with Crippen LogP contribution in [0.5, 0.6) is 11.5 Å². The summed E-state index contributed by atoms with van der Waals surface area (Å²) in [5.74, 6) is 2.28. The van der Waals surface area contributed by atoms with Gasteiger partial charge in [-0.3, -0.25) is 0 Å². The molecule has 1 N–H and O–H groups in total. The molecule has 0 radical (unpaired) electrons. The van der Waals surface area contributed by atoms with E-state index in [0.29, 0.717) is 5.92 Å². The maximum absolute atomic E-state index is 5.39. The van der Waals surface area contributed by atoms with E-state index >= 15 is 0 Å². The van der Waals surface area contributed by atoms with Crippen molar-refractivity contribution in [1.82, 2.24) is 5.32 Å². The van der Waals surface area contributed by atoms with Crippen LogP contribution in [0.25, 0.3) is 0 Å². The Hall–Kier alpha value is -1.22. The summed E-state index contributed by atoms with van der Waals surface area (Å²) in [6.07, 6.45) is 1.09. The Morgan fingerprint density at radius 3 is 2.30 bits per heavy atom. The molecule has 3 heteroatoms. The van der Waals surface area contributed by atoms with Gasteiger partial charge in [-0.25, -0.2) is 0 Å². The fraction of sp³-hybridized carbons (Fsp3) is 0.647. The molecule has 1 aromatic rings. The summed E-state index contributed by atoms with van der Waals surface area (Å²) in [5.41, 5.74) is 1.39. The van der Waals surface area contributed by atoms with Crippen molar-refractivity contribution in [3.05, 3.63) is 23.8 Å². The minimum absolute atomic E-state index is 0.115. The van der Waals surface area contributed by atoms with Crippen LogP contribution in [-0.4, -0.2) is 27.3 Å². The van der Waals surface area contributed by atoms with E-state index in [1.165, 1.54) is 5.56 Å². The molecule has 0 bridgehead atoms. The van der Waals surface area contributed by atoms with E-state index in [2.05, 4.69) is 45.1 Å². The van der Waals surface area contributed by atoms with Gasteiger partial charge in [0.1, 0.15) is 0 Å². The fourth-order valence-corrected chi connectivity index (χ4v) is 2.19. The molecule has 3 nitrogen and oxygen atoms in total. The first kappa shape index (κ1) is 16.8. The van der Waals surface area contributed by atoms with Crippen LogP contribution < -0.4 is 14.8 Å². The van der Waals surface area contributed by atoms with Crippen molar-refractivity contribution < 1.29 is 9.47 Å². The van der Waals surface area contributed by atoms with E-state index < -0.39 is 0 Å². The Bertz CT molecular complexity index is 413. The summed E-state index contributed by atoms with van der Waals surface area (Å²) in [4.78, 5) is 0. The van der Waals surface area contributed by atoms with Crippen LogP contribution in [0.2, 0.25) is 0 Å². The van der Waals surface area contributed by atoms with Crippen molar-refractivity contribution in [3.8, 4) is 11.5 Å². The first-order chi connectivity index (χ1) is 9.40. The number of benzene rings is 1. The zero-order valence-corrected chi connectivity index (χ0v) is 13.7. The summed E-state index contributed by atoms with van der Waals surface area (Å²) in [6, 6.07) is 6.20. The van der Waals surface area contributed by atoms with E-state index in [1.54, 1.807) is 14.2 Å². The number of hydrogen-bond acceptors (Lipinski definition) is 3. The molecule has 114 valence electrons. The molecular formula is C17H29NO2. The van der Waals surface area contributed by atoms with Gasteiger partial charge in [0.05, 0.1) is 14.2 Å². The minimum atomic E-state index is 0.115. The zero-order valence-electron chi connectivity index (χ0n) is 13.7. The Kier molecular flexibility index (Phi) is 6.34. The highest BCUT2D eigenvalue weighted by atomic mass is 16.5. The maximum atomic E-state index is 5.39. The highest BCUT2D eigenvalue weighted by Crippen LogP contribution is 2.34. The van der Waals surface area contributed by atoms with E-state index in [4.69, 9.17) is 9.47 Å². The molecule has 1 aromatic carbocycles. The van der Waals surface area contributed by atoms with Gasteiger partial charge in [0.15, 0.2) is 11.5 Å². The lowest BCUT2D eigenvalue weighted by Gasteiger charge is -2.26.